The second kappa shape index (κ2) is 14.5. The summed E-state index contributed by atoms with van der Waals surface area (Å²) in [6, 6.07) is 3.99. The number of ether oxygens (including phenoxy) is 6. The van der Waals surface area contributed by atoms with E-state index < -0.39 is 119 Å². The number of aliphatic hydroxyl groups excluding tert-OH is 3. The fourth-order valence-corrected chi connectivity index (χ4v) is 8.41. The minimum absolute atomic E-state index is 0.00290. The Morgan fingerprint density at radius 1 is 0.736 bits per heavy atom. The molecule has 0 aromatic heterocycles. The molecule has 0 spiro atoms. The summed E-state index contributed by atoms with van der Waals surface area (Å²) in [5, 5.41) is 77.4. The van der Waals surface area contributed by atoms with E-state index in [9.17, 15) is 45.3 Å². The predicted octanol–water partition coefficient (Wildman–Crippen LogP) is 2.37. The van der Waals surface area contributed by atoms with E-state index in [0.717, 1.165) is 0 Å². The summed E-state index contributed by atoms with van der Waals surface area (Å²) in [5.74, 6) is -3.24. The molecule has 13 atom stereocenters. The van der Waals surface area contributed by atoms with E-state index in [4.69, 9.17) is 28.4 Å². The van der Waals surface area contributed by atoms with Gasteiger partial charge in [0.25, 0.3) is 0 Å². The smallest absolute Gasteiger partial charge is 0.202 e. The van der Waals surface area contributed by atoms with Crippen LogP contribution in [0.2, 0.25) is 0 Å². The van der Waals surface area contributed by atoms with Gasteiger partial charge in [-0.2, -0.15) is 0 Å². The summed E-state index contributed by atoms with van der Waals surface area (Å²) >= 11 is 0. The molecule has 290 valence electrons. The first kappa shape index (κ1) is 38.1. The zero-order valence-electron chi connectivity index (χ0n) is 30.0. The number of aliphatic hydroxyl groups is 4. The Hall–Kier alpha value is -3.22. The predicted molar refractivity (Wildman–Crippen MR) is 181 cm³/mol. The quantitative estimate of drug-likeness (QED) is 0.172. The average Bonchev–Trinajstić information content (AvgIpc) is 3.09. The van der Waals surface area contributed by atoms with Crippen LogP contribution in [0.25, 0.3) is 0 Å². The number of carbonyl (C=O) groups is 2. The number of phenolic OH excluding ortho intramolecular Hbond substituents is 3. The largest absolute Gasteiger partial charge is 0.507 e. The van der Waals surface area contributed by atoms with Gasteiger partial charge in [-0.25, -0.2) is 0 Å². The van der Waals surface area contributed by atoms with Gasteiger partial charge in [0, 0.05) is 48.8 Å². The maximum Gasteiger partial charge on any atom is 0.202 e. The van der Waals surface area contributed by atoms with Crippen molar-refractivity contribution >= 4 is 11.6 Å². The van der Waals surface area contributed by atoms with Crippen LogP contribution in [0.1, 0.15) is 115 Å². The van der Waals surface area contributed by atoms with Gasteiger partial charge in [0.1, 0.15) is 29.5 Å². The molecule has 15 nitrogen and oxygen atoms in total. The van der Waals surface area contributed by atoms with Crippen molar-refractivity contribution in [2.45, 2.75) is 152 Å². The number of rotatable bonds is 7. The van der Waals surface area contributed by atoms with Crippen molar-refractivity contribution in [2.24, 2.45) is 0 Å². The number of fused-ring (bicyclic) bond motifs is 3. The highest BCUT2D eigenvalue weighted by Gasteiger charge is 2.49. The fraction of sp³-hybridized carbons (Fsp3) is 0.632. The monoisotopic (exact) mass is 744 g/mol. The van der Waals surface area contributed by atoms with Crippen molar-refractivity contribution in [1.29, 1.82) is 0 Å². The molecule has 0 radical (unpaired) electrons. The van der Waals surface area contributed by atoms with Crippen LogP contribution in [-0.4, -0.2) is 121 Å². The Labute approximate surface area is 306 Å². The lowest BCUT2D eigenvalue weighted by Gasteiger charge is -2.45. The first-order valence-corrected chi connectivity index (χ1v) is 18.3. The van der Waals surface area contributed by atoms with Gasteiger partial charge < -0.3 is 64.2 Å². The van der Waals surface area contributed by atoms with Gasteiger partial charge in [0.05, 0.1) is 65.0 Å². The van der Waals surface area contributed by atoms with Crippen molar-refractivity contribution in [1.82, 2.24) is 0 Å². The molecule has 15 heteroatoms. The van der Waals surface area contributed by atoms with Crippen LogP contribution in [-0.2, 0) is 34.8 Å². The molecule has 0 unspecified atom stereocenters. The van der Waals surface area contributed by atoms with Gasteiger partial charge in [-0.1, -0.05) is 19.1 Å². The van der Waals surface area contributed by atoms with E-state index in [1.165, 1.54) is 18.2 Å². The van der Waals surface area contributed by atoms with Gasteiger partial charge in [0.2, 0.25) is 5.78 Å². The molecule has 2 aliphatic carbocycles. The Morgan fingerprint density at radius 3 is 1.92 bits per heavy atom. The zero-order valence-corrected chi connectivity index (χ0v) is 30.0. The summed E-state index contributed by atoms with van der Waals surface area (Å²) in [6.45, 7) is 6.90. The summed E-state index contributed by atoms with van der Waals surface area (Å²) in [7, 11) is 0. The molecule has 53 heavy (non-hydrogen) atoms. The molecule has 7 N–H and O–H groups in total. The molecule has 0 bridgehead atoms. The normalized spacial score (nSPS) is 38.6. The molecular weight excluding hydrogens is 696 g/mol. The van der Waals surface area contributed by atoms with Crippen molar-refractivity contribution < 1.29 is 73.8 Å². The second-order valence-electron chi connectivity index (χ2n) is 15.0. The lowest BCUT2D eigenvalue weighted by Crippen LogP contribution is -2.55. The van der Waals surface area contributed by atoms with Crippen LogP contribution in [0.15, 0.2) is 18.2 Å². The minimum Gasteiger partial charge on any atom is -0.507 e. The van der Waals surface area contributed by atoms with Crippen LogP contribution in [0, 0.1) is 0 Å². The maximum atomic E-state index is 13.7. The number of carbonyl (C=O) groups excluding carboxylic acids is 2. The van der Waals surface area contributed by atoms with Crippen molar-refractivity contribution in [3.05, 3.63) is 51.6 Å². The van der Waals surface area contributed by atoms with Gasteiger partial charge in [0.15, 0.2) is 24.7 Å². The van der Waals surface area contributed by atoms with Crippen molar-refractivity contribution in [3.8, 4) is 17.2 Å². The van der Waals surface area contributed by atoms with Crippen molar-refractivity contribution in [3.63, 3.8) is 0 Å². The van der Waals surface area contributed by atoms with Gasteiger partial charge in [-0.15, -0.1) is 0 Å². The van der Waals surface area contributed by atoms with E-state index >= 15 is 0 Å². The molecule has 5 aliphatic rings. The zero-order chi connectivity index (χ0) is 38.1. The molecule has 0 amide bonds. The van der Waals surface area contributed by atoms with E-state index in [2.05, 4.69) is 0 Å². The van der Waals surface area contributed by atoms with Crippen LogP contribution < -0.4 is 0 Å². The van der Waals surface area contributed by atoms with Crippen LogP contribution >= 0.6 is 0 Å². The van der Waals surface area contributed by atoms with Gasteiger partial charge in [-0.3, -0.25) is 9.59 Å². The lowest BCUT2D eigenvalue weighted by atomic mass is 9.72. The van der Waals surface area contributed by atoms with E-state index in [0.29, 0.717) is 12.8 Å². The highest BCUT2D eigenvalue weighted by atomic mass is 16.7. The number of ketones is 2. The summed E-state index contributed by atoms with van der Waals surface area (Å²) in [4.78, 5) is 27.2. The molecule has 3 aliphatic heterocycles. The number of aromatic hydroxyl groups is 3. The summed E-state index contributed by atoms with van der Waals surface area (Å²) in [5.41, 5.74) is -2.69. The van der Waals surface area contributed by atoms with E-state index in [1.54, 1.807) is 27.7 Å². The number of hydrogen-bond acceptors (Lipinski definition) is 15. The van der Waals surface area contributed by atoms with E-state index in [-0.39, 0.29) is 54.4 Å². The highest BCUT2D eigenvalue weighted by Crippen LogP contribution is 2.53. The SMILES string of the molecule is CC[C@]1(O)Cc2c(O)c3c(c(O)c2[C@@H](O[C@H]2C[C@H](O)[C@H](O[C@H]4C[C@H](O)[C@H](O[C@H]5CC[C@H](O)[C@H](C)O5)[C@H](C)O4)[C@H](C)O2)C1)C(=O)c1c(O)cccc1C3=O. The molecular formula is C38H48O15. The fourth-order valence-electron chi connectivity index (χ4n) is 8.41. The van der Waals surface area contributed by atoms with Crippen LogP contribution in [0.5, 0.6) is 17.2 Å². The Kier molecular flexibility index (Phi) is 10.4. The third-order valence-electron chi connectivity index (χ3n) is 11.4. The van der Waals surface area contributed by atoms with Crippen LogP contribution in [0.4, 0.5) is 0 Å². The third kappa shape index (κ3) is 6.86. The second-order valence-corrected chi connectivity index (χ2v) is 15.0. The average molecular weight is 745 g/mol. The Morgan fingerprint density at radius 2 is 1.32 bits per heavy atom. The van der Waals surface area contributed by atoms with Gasteiger partial charge >= 0.3 is 0 Å². The molecule has 3 fully saturated rings. The summed E-state index contributed by atoms with van der Waals surface area (Å²) < 4.78 is 36.4. The molecule has 2 aromatic carbocycles. The molecule has 2 aromatic rings. The van der Waals surface area contributed by atoms with E-state index in [1.807, 2.05) is 0 Å². The lowest BCUT2D eigenvalue weighted by molar-refractivity contribution is -0.333. The third-order valence-corrected chi connectivity index (χ3v) is 11.4. The molecule has 7 rings (SSSR count). The Bertz CT molecular complexity index is 1720. The first-order chi connectivity index (χ1) is 25.1. The number of hydrogen-bond donors (Lipinski definition) is 7. The number of benzene rings is 2. The summed E-state index contributed by atoms with van der Waals surface area (Å²) in [6.07, 6.45) is -8.90. The molecule has 3 heterocycles. The minimum atomic E-state index is -1.43. The molecule has 3 saturated heterocycles. The Balaban J connectivity index is 1.06. The maximum absolute atomic E-state index is 13.7. The van der Waals surface area contributed by atoms with Crippen LogP contribution in [0.3, 0.4) is 0 Å². The van der Waals surface area contributed by atoms with Crippen molar-refractivity contribution in [2.75, 3.05) is 0 Å². The topological polar surface area (TPSA) is 231 Å². The highest BCUT2D eigenvalue weighted by molar-refractivity contribution is 6.31. The van der Waals surface area contributed by atoms with Gasteiger partial charge in [-0.05, 0) is 39.7 Å². The first-order valence-electron chi connectivity index (χ1n) is 18.3. The molecule has 0 saturated carbocycles. The number of phenols is 3. The standard InChI is InChI=1S/C38H48O15/c1-5-38(47)13-19-29(35(46)31-30(33(19)44)32(43)18-7-6-8-21(40)28(18)34(31)45)24(14-38)51-26-11-22(41)37(17(4)49-26)53-27-12-23(42)36(16(3)50-27)52-25-10-9-20(39)15(2)48-25/h6-8,15-17,20,22-27,36-37,39-42,44,46-47H,5,9-14H2,1-4H3/t15-,16-,17-,20-,22-,23-,24-,25-,26-,27-,36+,37+,38-/m0/s1.